The van der Waals surface area contributed by atoms with E-state index in [2.05, 4.69) is 212 Å². The van der Waals surface area contributed by atoms with Crippen molar-refractivity contribution in [2.24, 2.45) is 0 Å². The minimum Gasteiger partial charge on any atom is -0.457 e. The molecule has 58 heavy (non-hydrogen) atoms. The Morgan fingerprint density at radius 3 is 2.00 bits per heavy atom. The second-order valence-corrected chi connectivity index (χ2v) is 18.5. The summed E-state index contributed by atoms with van der Waals surface area (Å²) in [6.07, 6.45) is 1.93. The van der Waals surface area contributed by atoms with Gasteiger partial charge in [0.1, 0.15) is 17.3 Å². The number of aromatic nitrogens is 2. The lowest BCUT2D eigenvalue weighted by atomic mass is 9.87. The number of ether oxygens (including phenoxy) is 1. The normalized spacial score (nSPS) is 18.6. The van der Waals surface area contributed by atoms with Crippen molar-refractivity contribution in [3.63, 3.8) is 0 Å². The molecular formula is C53H51N4O+. The van der Waals surface area contributed by atoms with Crippen LogP contribution in [0.2, 0.25) is 0 Å². The summed E-state index contributed by atoms with van der Waals surface area (Å²) in [5.74, 6) is 2.85. The van der Waals surface area contributed by atoms with Crippen LogP contribution in [0.4, 0.5) is 22.7 Å². The van der Waals surface area contributed by atoms with Crippen molar-refractivity contribution >= 4 is 44.6 Å². The molecule has 0 spiro atoms. The van der Waals surface area contributed by atoms with Gasteiger partial charge >= 0.3 is 0 Å². The van der Waals surface area contributed by atoms with Crippen LogP contribution < -0.4 is 13.9 Å². The second kappa shape index (κ2) is 12.7. The number of pyridine rings is 1. The summed E-state index contributed by atoms with van der Waals surface area (Å²) in [5.41, 5.74) is 13.5. The maximum Gasteiger partial charge on any atom is 0.225 e. The first-order valence-corrected chi connectivity index (χ1v) is 20.6. The third-order valence-corrected chi connectivity index (χ3v) is 12.4. The van der Waals surface area contributed by atoms with Gasteiger partial charge in [0.25, 0.3) is 0 Å². The van der Waals surface area contributed by atoms with Gasteiger partial charge in [0.15, 0.2) is 18.0 Å². The molecule has 2 aromatic heterocycles. The van der Waals surface area contributed by atoms with Crippen LogP contribution >= 0.6 is 0 Å². The predicted molar refractivity (Wildman–Crippen MR) is 242 cm³/mol. The quantitative estimate of drug-likeness (QED) is 0.0919. The van der Waals surface area contributed by atoms with Gasteiger partial charge in [-0.25, -0.2) is 4.98 Å². The molecule has 288 valence electrons. The van der Waals surface area contributed by atoms with E-state index in [-0.39, 0.29) is 10.8 Å². The van der Waals surface area contributed by atoms with Crippen LogP contribution in [-0.4, -0.2) is 9.55 Å². The fourth-order valence-electron chi connectivity index (χ4n) is 9.30. The van der Waals surface area contributed by atoms with Crippen LogP contribution in [0.5, 0.6) is 11.5 Å². The lowest BCUT2D eigenvalue weighted by molar-refractivity contribution is 0.423. The molecule has 0 radical (unpaired) electrons. The van der Waals surface area contributed by atoms with Crippen molar-refractivity contribution in [1.29, 1.82) is 0 Å². The van der Waals surface area contributed by atoms with E-state index in [4.69, 9.17) is 9.72 Å². The average Bonchev–Trinajstić information content (AvgIpc) is 3.71. The fourth-order valence-corrected chi connectivity index (χ4v) is 9.30. The Bertz CT molecular complexity index is 2920. The zero-order chi connectivity index (χ0) is 40.2. The number of hydrogen-bond acceptors (Lipinski definition) is 2. The maximum atomic E-state index is 7.06. The van der Waals surface area contributed by atoms with E-state index in [1.165, 1.54) is 55.8 Å². The highest BCUT2D eigenvalue weighted by atomic mass is 16.5. The highest BCUT2D eigenvalue weighted by Gasteiger charge is 2.78. The molecule has 8 aromatic rings. The molecule has 0 aliphatic carbocycles. The Labute approximate surface area is 342 Å². The van der Waals surface area contributed by atoms with Gasteiger partial charge < -0.3 is 4.74 Å². The molecule has 2 atom stereocenters. The molecular weight excluding hydrogens is 709 g/mol. The summed E-state index contributed by atoms with van der Waals surface area (Å²) in [7, 11) is 0. The molecule has 10 rings (SSSR count). The number of nitrogens with zero attached hydrogens (tertiary/aromatic N) is 4. The lowest BCUT2D eigenvalue weighted by Gasteiger charge is -2.40. The van der Waals surface area contributed by atoms with Crippen molar-refractivity contribution in [2.45, 2.75) is 72.1 Å². The molecule has 0 saturated carbocycles. The summed E-state index contributed by atoms with van der Waals surface area (Å²) < 4.78 is 10.6. The van der Waals surface area contributed by atoms with E-state index in [1.54, 1.807) is 0 Å². The van der Waals surface area contributed by atoms with Gasteiger partial charge in [-0.1, -0.05) is 122 Å². The third-order valence-electron chi connectivity index (χ3n) is 12.4. The average molecular weight is 760 g/mol. The number of quaternary nitrogens is 2. The van der Waals surface area contributed by atoms with Crippen LogP contribution in [0, 0.1) is 6.67 Å². The van der Waals surface area contributed by atoms with E-state index in [1.807, 2.05) is 6.20 Å². The summed E-state index contributed by atoms with van der Waals surface area (Å²) in [6.45, 7) is 20.6. The minimum atomic E-state index is -0.00865. The topological polar surface area (TPSA) is 27.1 Å². The Morgan fingerprint density at radius 1 is 0.569 bits per heavy atom. The summed E-state index contributed by atoms with van der Waals surface area (Å²) in [5, 5.41) is 2.36. The largest absolute Gasteiger partial charge is 0.457 e. The molecule has 5 nitrogen and oxygen atoms in total. The summed E-state index contributed by atoms with van der Waals surface area (Å²) >= 11 is 0. The van der Waals surface area contributed by atoms with Crippen LogP contribution in [0.15, 0.2) is 152 Å². The van der Waals surface area contributed by atoms with Crippen LogP contribution in [0.25, 0.3) is 38.8 Å². The monoisotopic (exact) mass is 759 g/mol. The van der Waals surface area contributed by atoms with Crippen molar-refractivity contribution < 1.29 is 4.74 Å². The highest BCUT2D eigenvalue weighted by molar-refractivity contribution is 6.09. The number of benzene rings is 6. The van der Waals surface area contributed by atoms with Gasteiger partial charge in [-0.2, -0.15) is 9.18 Å². The van der Waals surface area contributed by atoms with Crippen LogP contribution in [0.1, 0.15) is 78.0 Å². The van der Waals surface area contributed by atoms with E-state index in [0.29, 0.717) is 15.1 Å². The van der Waals surface area contributed by atoms with Crippen LogP contribution in [0.3, 0.4) is 0 Å². The fraction of sp³-hybridized carbons (Fsp3) is 0.208. The molecule has 0 amide bonds. The van der Waals surface area contributed by atoms with E-state index in [9.17, 15) is 0 Å². The van der Waals surface area contributed by atoms with Crippen molar-refractivity contribution in [1.82, 2.24) is 18.7 Å². The van der Waals surface area contributed by atoms with Crippen molar-refractivity contribution in [3.05, 3.63) is 175 Å². The summed E-state index contributed by atoms with van der Waals surface area (Å²) in [6, 6.07) is 53.2. The molecule has 1 saturated heterocycles. The third kappa shape index (κ3) is 5.40. The molecule has 4 heterocycles. The molecule has 1 unspecified atom stereocenters. The van der Waals surface area contributed by atoms with E-state index >= 15 is 0 Å². The first-order chi connectivity index (χ1) is 27.8. The standard InChI is InChI=1S/C53H51N4O/c1-35(2)43-18-9-10-19-44(43)36-28-40(57-34-56(57,49-22-13-14-23-50(49)57)39-17-15-16-37(30-39)52(3,4)5)32-42(29-36)58-41-24-25-46-45-20-11-12-21-47(45)55(48(46)33-41)51-31-38(26-27-54-51)53(6,7)8/h9-35H,1-8H3/q+1/t56-,57?/m0/s1. The van der Waals surface area contributed by atoms with Gasteiger partial charge in [-0.3, -0.25) is 4.57 Å². The SMILES string of the molecule is CC(C)c1ccccc1-c1cc(Oc2ccc3c4ccccc4n(-c4cc(C(C)(C)C)ccn4)c3c2)cc([N+]23[CH-][N@+]2(c2cccc(C(C)(C)C)c2)c2ccccc23)c1. The molecule has 0 bridgehead atoms. The first kappa shape index (κ1) is 36.3. The maximum absolute atomic E-state index is 7.06. The molecule has 6 aromatic carbocycles. The minimum absolute atomic E-state index is 0.00865. The Balaban J connectivity index is 1.15. The zero-order valence-corrected chi connectivity index (χ0v) is 34.8. The smallest absolute Gasteiger partial charge is 0.225 e. The number of rotatable bonds is 7. The molecule has 2 aliphatic rings. The van der Waals surface area contributed by atoms with Gasteiger partial charge in [0, 0.05) is 59.4 Å². The van der Waals surface area contributed by atoms with Gasteiger partial charge in [0.2, 0.25) is 11.4 Å². The van der Waals surface area contributed by atoms with Gasteiger partial charge in [-0.05, 0) is 81.0 Å². The second-order valence-electron chi connectivity index (χ2n) is 18.5. The Hall–Kier alpha value is -6.01. The predicted octanol–water partition coefficient (Wildman–Crippen LogP) is 14.7. The van der Waals surface area contributed by atoms with Crippen molar-refractivity contribution in [2.75, 3.05) is 0 Å². The van der Waals surface area contributed by atoms with Gasteiger partial charge in [-0.15, -0.1) is 0 Å². The zero-order valence-electron chi connectivity index (χ0n) is 34.8. The molecule has 1 fully saturated rings. The Morgan fingerprint density at radius 2 is 1.24 bits per heavy atom. The number of fused-ring (bicyclic) bond motifs is 7. The molecule has 0 N–H and O–H groups in total. The van der Waals surface area contributed by atoms with E-state index in [0.717, 1.165) is 33.9 Å². The molecule has 5 heteroatoms. The Kier molecular flexibility index (Phi) is 7.99. The highest BCUT2D eigenvalue weighted by Crippen LogP contribution is 2.75. The van der Waals surface area contributed by atoms with Gasteiger partial charge in [0.05, 0.1) is 11.0 Å². The van der Waals surface area contributed by atoms with E-state index < -0.39 is 0 Å². The molecule has 2 aliphatic heterocycles. The summed E-state index contributed by atoms with van der Waals surface area (Å²) in [4.78, 5) is 4.92. The lowest BCUT2D eigenvalue weighted by Crippen LogP contribution is -2.46. The first-order valence-electron chi connectivity index (χ1n) is 20.6. The number of hydrogen-bond donors (Lipinski definition) is 0. The number of para-hydroxylation sites is 3. The van der Waals surface area contributed by atoms with Crippen LogP contribution in [-0.2, 0) is 10.8 Å². The van der Waals surface area contributed by atoms with Crippen molar-refractivity contribution in [3.8, 4) is 28.4 Å².